The van der Waals surface area contributed by atoms with Crippen LogP contribution >= 0.6 is 0 Å². The van der Waals surface area contributed by atoms with Crippen LogP contribution in [0.15, 0.2) is 36.4 Å². The van der Waals surface area contributed by atoms with Crippen molar-refractivity contribution in [3.05, 3.63) is 42.0 Å². The molecule has 22 heavy (non-hydrogen) atoms. The highest BCUT2D eigenvalue weighted by Crippen LogP contribution is 2.17. The van der Waals surface area contributed by atoms with E-state index in [1.807, 2.05) is 37.3 Å². The molecule has 0 spiro atoms. The minimum Gasteiger partial charge on any atom is -0.466 e. The molecular formula is C18H24O4. The average Bonchev–Trinajstić information content (AvgIpc) is 2.51. The molecule has 0 radical (unpaired) electrons. The van der Waals surface area contributed by atoms with Crippen molar-refractivity contribution in [3.8, 4) is 0 Å². The highest BCUT2D eigenvalue weighted by molar-refractivity contribution is 5.87. The van der Waals surface area contributed by atoms with Crippen molar-refractivity contribution in [2.75, 3.05) is 6.61 Å². The lowest BCUT2D eigenvalue weighted by atomic mass is 9.98. The molecule has 2 unspecified atom stereocenters. The summed E-state index contributed by atoms with van der Waals surface area (Å²) in [5.74, 6) is -1.18. The van der Waals surface area contributed by atoms with Crippen molar-refractivity contribution in [1.82, 2.24) is 0 Å². The SMILES string of the molecule is CCCC(C(=O)OCC)C(C)OC(=O)/C=C/c1ccccc1. The van der Waals surface area contributed by atoms with Crippen LogP contribution in [0.4, 0.5) is 0 Å². The van der Waals surface area contributed by atoms with Gasteiger partial charge in [0.1, 0.15) is 6.10 Å². The standard InChI is InChI=1S/C18H24O4/c1-4-9-16(18(20)21-5-2)14(3)22-17(19)13-12-15-10-7-6-8-11-15/h6-8,10-14,16H,4-5,9H2,1-3H3/b13-12+. The van der Waals surface area contributed by atoms with Crippen LogP contribution in [0.25, 0.3) is 6.08 Å². The van der Waals surface area contributed by atoms with E-state index in [1.54, 1.807) is 19.9 Å². The van der Waals surface area contributed by atoms with Gasteiger partial charge in [0.25, 0.3) is 0 Å². The molecule has 0 aliphatic heterocycles. The van der Waals surface area contributed by atoms with Crippen LogP contribution in [-0.2, 0) is 19.1 Å². The molecule has 0 aliphatic rings. The Kier molecular flexibility index (Phi) is 7.97. The third-order valence-corrected chi connectivity index (χ3v) is 3.27. The molecule has 1 aromatic rings. The van der Waals surface area contributed by atoms with E-state index in [0.717, 1.165) is 12.0 Å². The van der Waals surface area contributed by atoms with E-state index in [4.69, 9.17) is 9.47 Å². The summed E-state index contributed by atoms with van der Waals surface area (Å²) in [5.41, 5.74) is 0.919. The van der Waals surface area contributed by atoms with Crippen molar-refractivity contribution >= 4 is 18.0 Å². The first-order chi connectivity index (χ1) is 10.6. The van der Waals surface area contributed by atoms with Crippen LogP contribution in [0.3, 0.4) is 0 Å². The molecule has 1 aromatic carbocycles. The third kappa shape index (κ3) is 6.12. The lowest BCUT2D eigenvalue weighted by Crippen LogP contribution is -2.31. The fourth-order valence-electron chi connectivity index (χ4n) is 2.14. The van der Waals surface area contributed by atoms with Crippen molar-refractivity contribution in [3.63, 3.8) is 0 Å². The molecule has 0 fully saturated rings. The Morgan fingerprint density at radius 2 is 1.86 bits per heavy atom. The van der Waals surface area contributed by atoms with Crippen LogP contribution in [-0.4, -0.2) is 24.6 Å². The number of esters is 2. The summed E-state index contributed by atoms with van der Waals surface area (Å²) in [6.07, 6.45) is 4.02. The summed E-state index contributed by atoms with van der Waals surface area (Å²) in [6, 6.07) is 9.49. The highest BCUT2D eigenvalue weighted by atomic mass is 16.6. The van der Waals surface area contributed by atoms with E-state index in [0.29, 0.717) is 13.0 Å². The van der Waals surface area contributed by atoms with Gasteiger partial charge < -0.3 is 9.47 Å². The largest absolute Gasteiger partial charge is 0.466 e. The first-order valence-electron chi connectivity index (χ1n) is 7.68. The summed E-state index contributed by atoms with van der Waals surface area (Å²) in [4.78, 5) is 23.8. The Bertz CT molecular complexity index is 493. The molecule has 0 heterocycles. The van der Waals surface area contributed by atoms with Crippen molar-refractivity contribution in [1.29, 1.82) is 0 Å². The molecule has 120 valence electrons. The molecule has 0 aromatic heterocycles. The van der Waals surface area contributed by atoms with Crippen LogP contribution in [0.2, 0.25) is 0 Å². The smallest absolute Gasteiger partial charge is 0.331 e. The maximum atomic E-state index is 11.9. The predicted molar refractivity (Wildman–Crippen MR) is 86.1 cm³/mol. The van der Waals surface area contributed by atoms with Crippen LogP contribution in [0.1, 0.15) is 39.2 Å². The fraction of sp³-hybridized carbons (Fsp3) is 0.444. The molecule has 0 N–H and O–H groups in total. The van der Waals surface area contributed by atoms with Gasteiger partial charge in [0.05, 0.1) is 12.5 Å². The average molecular weight is 304 g/mol. The highest BCUT2D eigenvalue weighted by Gasteiger charge is 2.27. The molecule has 2 atom stereocenters. The van der Waals surface area contributed by atoms with Crippen molar-refractivity contribution in [2.45, 2.75) is 39.7 Å². The monoisotopic (exact) mass is 304 g/mol. The summed E-state index contributed by atoms with van der Waals surface area (Å²) in [6.45, 7) is 5.80. The first kappa shape index (κ1) is 18.0. The second-order valence-electron chi connectivity index (χ2n) is 5.03. The van der Waals surface area contributed by atoms with Crippen molar-refractivity contribution in [2.24, 2.45) is 5.92 Å². The van der Waals surface area contributed by atoms with Gasteiger partial charge in [-0.1, -0.05) is 43.7 Å². The van der Waals surface area contributed by atoms with Gasteiger partial charge in [0.15, 0.2) is 0 Å². The number of carbonyl (C=O) groups is 2. The van der Waals surface area contributed by atoms with Gasteiger partial charge >= 0.3 is 11.9 Å². The van der Waals surface area contributed by atoms with Gasteiger partial charge in [0.2, 0.25) is 0 Å². The summed E-state index contributed by atoms with van der Waals surface area (Å²) in [5, 5.41) is 0. The topological polar surface area (TPSA) is 52.6 Å². The van der Waals surface area contributed by atoms with E-state index >= 15 is 0 Å². The van der Waals surface area contributed by atoms with E-state index in [1.165, 1.54) is 6.08 Å². The quantitative estimate of drug-likeness (QED) is 0.544. The van der Waals surface area contributed by atoms with Gasteiger partial charge in [-0.2, -0.15) is 0 Å². The van der Waals surface area contributed by atoms with E-state index in [2.05, 4.69) is 0 Å². The number of hydrogen-bond donors (Lipinski definition) is 0. The lowest BCUT2D eigenvalue weighted by Gasteiger charge is -2.21. The normalized spacial score (nSPS) is 13.6. The predicted octanol–water partition coefficient (Wildman–Crippen LogP) is 3.61. The second-order valence-corrected chi connectivity index (χ2v) is 5.03. The van der Waals surface area contributed by atoms with Crippen LogP contribution in [0, 0.1) is 5.92 Å². The number of rotatable bonds is 8. The Hall–Kier alpha value is -2.10. The molecule has 0 saturated carbocycles. The van der Waals surface area contributed by atoms with E-state index in [-0.39, 0.29) is 5.97 Å². The molecule has 0 aliphatic carbocycles. The van der Waals surface area contributed by atoms with Gasteiger partial charge in [0, 0.05) is 6.08 Å². The van der Waals surface area contributed by atoms with Crippen LogP contribution < -0.4 is 0 Å². The lowest BCUT2D eigenvalue weighted by molar-refractivity contribution is -0.158. The minimum atomic E-state index is -0.507. The minimum absolute atomic E-state index is 0.309. The number of ether oxygens (including phenoxy) is 2. The third-order valence-electron chi connectivity index (χ3n) is 3.27. The summed E-state index contributed by atoms with van der Waals surface area (Å²) in [7, 11) is 0. The zero-order valence-corrected chi connectivity index (χ0v) is 13.5. The molecule has 0 bridgehead atoms. The fourth-order valence-corrected chi connectivity index (χ4v) is 2.14. The van der Waals surface area contributed by atoms with Crippen molar-refractivity contribution < 1.29 is 19.1 Å². The maximum Gasteiger partial charge on any atom is 0.331 e. The molecule has 4 nitrogen and oxygen atoms in total. The zero-order valence-electron chi connectivity index (χ0n) is 13.5. The van der Waals surface area contributed by atoms with Crippen LogP contribution in [0.5, 0.6) is 0 Å². The molecular weight excluding hydrogens is 280 g/mol. The molecule has 1 rings (SSSR count). The Morgan fingerprint density at radius 1 is 1.18 bits per heavy atom. The van der Waals surface area contributed by atoms with E-state index in [9.17, 15) is 9.59 Å². The number of carbonyl (C=O) groups excluding carboxylic acids is 2. The Balaban J connectivity index is 2.60. The number of hydrogen-bond acceptors (Lipinski definition) is 4. The Morgan fingerprint density at radius 3 is 2.45 bits per heavy atom. The van der Waals surface area contributed by atoms with Gasteiger partial charge in [-0.15, -0.1) is 0 Å². The zero-order chi connectivity index (χ0) is 16.4. The molecule has 0 saturated heterocycles. The van der Waals surface area contributed by atoms with Gasteiger partial charge in [-0.3, -0.25) is 4.79 Å². The number of benzene rings is 1. The maximum absolute atomic E-state index is 11.9. The van der Waals surface area contributed by atoms with E-state index < -0.39 is 18.0 Å². The second kappa shape index (κ2) is 9.77. The molecule has 4 heteroatoms. The summed E-state index contributed by atoms with van der Waals surface area (Å²) >= 11 is 0. The van der Waals surface area contributed by atoms with Gasteiger partial charge in [-0.25, -0.2) is 4.79 Å². The molecule has 0 amide bonds. The Labute approximate surface area is 132 Å². The first-order valence-corrected chi connectivity index (χ1v) is 7.68. The van der Waals surface area contributed by atoms with Gasteiger partial charge in [-0.05, 0) is 31.9 Å². The summed E-state index contributed by atoms with van der Waals surface area (Å²) < 4.78 is 10.4.